The highest BCUT2D eigenvalue weighted by Crippen LogP contribution is 2.35. The average Bonchev–Trinajstić information content (AvgIpc) is 3.24. The zero-order valence-corrected chi connectivity index (χ0v) is 16.0. The molecular formula is C19H21N3OS2. The van der Waals surface area contributed by atoms with Gasteiger partial charge in [-0.05, 0) is 54.5 Å². The second-order valence-corrected chi connectivity index (χ2v) is 8.38. The van der Waals surface area contributed by atoms with Crippen LogP contribution < -0.4 is 0 Å². The zero-order valence-electron chi connectivity index (χ0n) is 14.4. The standard InChI is InChI=1S/C19H21N3OS2/c1-3-16-13-7-9-24-17(13)6-8-22(16)18(23)11-25-19-20-14-5-4-12(2)10-15(14)21-19/h4-5,7,9-10,16H,3,6,8,11H2,1-2H3,(H,20,21). The highest BCUT2D eigenvalue weighted by atomic mass is 32.2. The second-order valence-electron chi connectivity index (χ2n) is 6.41. The molecular weight excluding hydrogens is 350 g/mol. The lowest BCUT2D eigenvalue weighted by Gasteiger charge is -2.35. The molecule has 1 N–H and O–H groups in total. The van der Waals surface area contributed by atoms with E-state index in [1.165, 1.54) is 27.8 Å². The Morgan fingerprint density at radius 2 is 2.32 bits per heavy atom. The molecule has 0 bridgehead atoms. The van der Waals surface area contributed by atoms with Crippen LogP contribution in [0.15, 0.2) is 34.8 Å². The number of carbonyl (C=O) groups excluding carboxylic acids is 1. The maximum atomic E-state index is 12.8. The molecule has 0 saturated heterocycles. The van der Waals surface area contributed by atoms with E-state index in [4.69, 9.17) is 0 Å². The summed E-state index contributed by atoms with van der Waals surface area (Å²) in [5, 5.41) is 2.96. The van der Waals surface area contributed by atoms with Gasteiger partial charge in [-0.1, -0.05) is 24.8 Å². The van der Waals surface area contributed by atoms with Crippen molar-refractivity contribution in [1.29, 1.82) is 0 Å². The van der Waals surface area contributed by atoms with Crippen LogP contribution in [-0.4, -0.2) is 33.1 Å². The van der Waals surface area contributed by atoms with Crippen LogP contribution >= 0.6 is 23.1 Å². The Kier molecular flexibility index (Phi) is 4.56. The third kappa shape index (κ3) is 3.20. The summed E-state index contributed by atoms with van der Waals surface area (Å²) < 4.78 is 0. The molecule has 3 heterocycles. The highest BCUT2D eigenvalue weighted by Gasteiger charge is 2.30. The van der Waals surface area contributed by atoms with Crippen LogP contribution in [-0.2, 0) is 11.2 Å². The maximum Gasteiger partial charge on any atom is 0.233 e. The van der Waals surface area contributed by atoms with Gasteiger partial charge in [0.05, 0.1) is 22.8 Å². The average molecular weight is 372 g/mol. The third-order valence-corrected chi connectivity index (χ3v) is 6.60. The number of nitrogens with one attached hydrogen (secondary N) is 1. The summed E-state index contributed by atoms with van der Waals surface area (Å²) in [6.45, 7) is 5.05. The first kappa shape index (κ1) is 16.7. The predicted octanol–water partition coefficient (Wildman–Crippen LogP) is 4.56. The number of rotatable bonds is 4. The number of hydrogen-bond acceptors (Lipinski definition) is 4. The maximum absolute atomic E-state index is 12.8. The molecule has 0 spiro atoms. The smallest absolute Gasteiger partial charge is 0.233 e. The van der Waals surface area contributed by atoms with Gasteiger partial charge in [0.25, 0.3) is 0 Å². The molecule has 1 unspecified atom stereocenters. The Hall–Kier alpha value is -1.79. The molecule has 4 rings (SSSR count). The zero-order chi connectivity index (χ0) is 17.4. The largest absolute Gasteiger partial charge is 0.335 e. The Balaban J connectivity index is 1.46. The van der Waals surface area contributed by atoms with E-state index in [0.717, 1.165) is 35.6 Å². The van der Waals surface area contributed by atoms with E-state index >= 15 is 0 Å². The molecule has 0 saturated carbocycles. The molecule has 1 aliphatic heterocycles. The van der Waals surface area contributed by atoms with Gasteiger partial charge in [0.15, 0.2) is 5.16 Å². The van der Waals surface area contributed by atoms with E-state index in [2.05, 4.69) is 52.3 Å². The predicted molar refractivity (Wildman–Crippen MR) is 104 cm³/mol. The van der Waals surface area contributed by atoms with Gasteiger partial charge < -0.3 is 9.88 Å². The first-order chi connectivity index (χ1) is 12.2. The van der Waals surface area contributed by atoms with E-state index in [1.54, 1.807) is 0 Å². The van der Waals surface area contributed by atoms with E-state index in [0.29, 0.717) is 5.75 Å². The molecule has 1 atom stereocenters. The minimum absolute atomic E-state index is 0.199. The number of aromatic nitrogens is 2. The number of nitrogens with zero attached hydrogens (tertiary/aromatic N) is 2. The van der Waals surface area contributed by atoms with Gasteiger partial charge in [0.1, 0.15) is 0 Å². The van der Waals surface area contributed by atoms with E-state index < -0.39 is 0 Å². The number of thiophene rings is 1. The molecule has 4 nitrogen and oxygen atoms in total. The van der Waals surface area contributed by atoms with Crippen molar-refractivity contribution in [2.24, 2.45) is 0 Å². The molecule has 2 aromatic heterocycles. The van der Waals surface area contributed by atoms with Gasteiger partial charge in [0.2, 0.25) is 5.91 Å². The number of imidazole rings is 1. The Morgan fingerprint density at radius 3 is 3.16 bits per heavy atom. The summed E-state index contributed by atoms with van der Waals surface area (Å²) in [6, 6.07) is 8.57. The summed E-state index contributed by atoms with van der Waals surface area (Å²) in [7, 11) is 0. The first-order valence-corrected chi connectivity index (χ1v) is 10.5. The summed E-state index contributed by atoms with van der Waals surface area (Å²) >= 11 is 3.31. The first-order valence-electron chi connectivity index (χ1n) is 8.60. The number of benzene rings is 1. The van der Waals surface area contributed by atoms with Gasteiger partial charge >= 0.3 is 0 Å². The quantitative estimate of drug-likeness (QED) is 0.684. The van der Waals surface area contributed by atoms with Gasteiger partial charge in [0, 0.05) is 11.4 Å². The molecule has 25 heavy (non-hydrogen) atoms. The number of fused-ring (bicyclic) bond motifs is 2. The summed E-state index contributed by atoms with van der Waals surface area (Å²) in [4.78, 5) is 24.2. The molecule has 1 aromatic carbocycles. The fourth-order valence-corrected chi connectivity index (χ4v) is 5.22. The second kappa shape index (κ2) is 6.84. The number of amides is 1. The van der Waals surface area contributed by atoms with Crippen molar-refractivity contribution < 1.29 is 4.79 Å². The molecule has 1 aliphatic rings. The fourth-order valence-electron chi connectivity index (χ4n) is 3.52. The number of H-pyrrole nitrogens is 1. The lowest BCUT2D eigenvalue weighted by Crippen LogP contribution is -2.40. The molecule has 1 amide bonds. The number of carbonyl (C=O) groups is 1. The summed E-state index contributed by atoms with van der Waals surface area (Å²) in [5.41, 5.74) is 4.53. The lowest BCUT2D eigenvalue weighted by atomic mass is 9.98. The minimum atomic E-state index is 0.199. The van der Waals surface area contributed by atoms with Gasteiger partial charge in [-0.3, -0.25) is 4.79 Å². The summed E-state index contributed by atoms with van der Waals surface area (Å²) in [6.07, 6.45) is 1.94. The third-order valence-electron chi connectivity index (χ3n) is 4.75. The van der Waals surface area contributed by atoms with Crippen LogP contribution in [0.1, 0.15) is 35.4 Å². The monoisotopic (exact) mass is 371 g/mol. The molecule has 0 radical (unpaired) electrons. The summed E-state index contributed by atoms with van der Waals surface area (Å²) in [5.74, 6) is 0.625. The van der Waals surface area contributed by atoms with E-state index in [-0.39, 0.29) is 11.9 Å². The number of hydrogen-bond donors (Lipinski definition) is 1. The van der Waals surface area contributed by atoms with Crippen LogP contribution in [0.5, 0.6) is 0 Å². The Bertz CT molecular complexity index is 914. The topological polar surface area (TPSA) is 49.0 Å². The van der Waals surface area contributed by atoms with Crippen molar-refractivity contribution in [2.45, 2.75) is 37.9 Å². The number of aromatic amines is 1. The molecule has 0 fully saturated rings. The van der Waals surface area contributed by atoms with Gasteiger partial charge in [-0.15, -0.1) is 11.3 Å². The van der Waals surface area contributed by atoms with Crippen LogP contribution in [0.3, 0.4) is 0 Å². The van der Waals surface area contributed by atoms with Crippen LogP contribution in [0.2, 0.25) is 0 Å². The van der Waals surface area contributed by atoms with Crippen molar-refractivity contribution in [3.05, 3.63) is 45.6 Å². The Labute approximate surface area is 155 Å². The van der Waals surface area contributed by atoms with E-state index in [9.17, 15) is 4.79 Å². The molecule has 130 valence electrons. The van der Waals surface area contributed by atoms with Gasteiger partial charge in [-0.25, -0.2) is 4.98 Å². The Morgan fingerprint density at radius 1 is 1.44 bits per heavy atom. The van der Waals surface area contributed by atoms with Crippen LogP contribution in [0.4, 0.5) is 0 Å². The van der Waals surface area contributed by atoms with Gasteiger partial charge in [-0.2, -0.15) is 0 Å². The van der Waals surface area contributed by atoms with Crippen molar-refractivity contribution in [3.8, 4) is 0 Å². The van der Waals surface area contributed by atoms with Crippen molar-refractivity contribution >= 4 is 40.0 Å². The highest BCUT2D eigenvalue weighted by molar-refractivity contribution is 7.99. The van der Waals surface area contributed by atoms with Crippen LogP contribution in [0, 0.1) is 6.92 Å². The molecule has 3 aromatic rings. The van der Waals surface area contributed by atoms with Crippen LogP contribution in [0.25, 0.3) is 11.0 Å². The minimum Gasteiger partial charge on any atom is -0.335 e. The SMILES string of the molecule is CCC1c2ccsc2CCN1C(=O)CSc1nc2ccc(C)cc2[nH]1. The number of aryl methyl sites for hydroxylation is 1. The lowest BCUT2D eigenvalue weighted by molar-refractivity contribution is -0.131. The number of thioether (sulfide) groups is 1. The van der Waals surface area contributed by atoms with Crippen molar-refractivity contribution in [1.82, 2.24) is 14.9 Å². The fraction of sp³-hybridized carbons (Fsp3) is 0.368. The van der Waals surface area contributed by atoms with Crippen molar-refractivity contribution in [2.75, 3.05) is 12.3 Å². The van der Waals surface area contributed by atoms with E-state index in [1.807, 2.05) is 17.4 Å². The molecule has 0 aliphatic carbocycles. The normalized spacial score (nSPS) is 17.0. The molecule has 6 heteroatoms. The van der Waals surface area contributed by atoms with Crippen molar-refractivity contribution in [3.63, 3.8) is 0 Å².